The second-order valence-corrected chi connectivity index (χ2v) is 5.57. The molecule has 1 aliphatic rings. The van der Waals surface area contributed by atoms with Gasteiger partial charge < -0.3 is 14.8 Å². The average Bonchev–Trinajstić information content (AvgIpc) is 2.73. The molecule has 3 atom stereocenters. The minimum absolute atomic E-state index is 0.197. The molecular formula is C13H22N2O2S. The van der Waals surface area contributed by atoms with Gasteiger partial charge >= 0.3 is 0 Å². The molecular weight excluding hydrogens is 248 g/mol. The topological polar surface area (TPSA) is 43.4 Å². The Kier molecular flexibility index (Phi) is 5.12. The summed E-state index contributed by atoms with van der Waals surface area (Å²) in [4.78, 5) is 4.46. The van der Waals surface area contributed by atoms with E-state index in [4.69, 9.17) is 9.47 Å². The van der Waals surface area contributed by atoms with Crippen LogP contribution in [0.3, 0.4) is 0 Å². The lowest BCUT2D eigenvalue weighted by Crippen LogP contribution is -2.60. The van der Waals surface area contributed by atoms with Crippen molar-refractivity contribution in [2.24, 2.45) is 0 Å². The highest BCUT2D eigenvalue weighted by molar-refractivity contribution is 7.09. The van der Waals surface area contributed by atoms with Crippen LogP contribution in [0, 0.1) is 6.92 Å². The molecule has 1 fully saturated rings. The van der Waals surface area contributed by atoms with Gasteiger partial charge in [0, 0.05) is 43.8 Å². The lowest BCUT2D eigenvalue weighted by Gasteiger charge is -2.43. The van der Waals surface area contributed by atoms with E-state index >= 15 is 0 Å². The van der Waals surface area contributed by atoms with Crippen molar-refractivity contribution >= 4 is 11.3 Å². The standard InChI is InChI=1S/C13H22N2O2S/c1-4-17-11-7-10(13(11)16-3)14-6-5-12-15-9(2)8-18-12/h8,10-11,13-14H,4-7H2,1-3H3. The zero-order valence-electron chi connectivity index (χ0n) is 11.3. The molecule has 0 aromatic carbocycles. The minimum Gasteiger partial charge on any atom is -0.377 e. The van der Waals surface area contributed by atoms with E-state index in [0.717, 1.165) is 31.7 Å². The predicted molar refractivity (Wildman–Crippen MR) is 73.2 cm³/mol. The summed E-state index contributed by atoms with van der Waals surface area (Å²) in [5.74, 6) is 0. The molecule has 1 heterocycles. The third-order valence-electron chi connectivity index (χ3n) is 3.31. The summed E-state index contributed by atoms with van der Waals surface area (Å²) in [6.07, 6.45) is 2.50. The first kappa shape index (κ1) is 13.9. The molecule has 1 aromatic rings. The SMILES string of the molecule is CCOC1CC(NCCc2nc(C)cs2)C1OC. The first-order valence-corrected chi connectivity index (χ1v) is 7.41. The number of nitrogens with one attached hydrogen (secondary N) is 1. The minimum atomic E-state index is 0.197. The summed E-state index contributed by atoms with van der Waals surface area (Å²) in [5, 5.41) is 6.83. The van der Waals surface area contributed by atoms with Gasteiger partial charge in [-0.3, -0.25) is 0 Å². The highest BCUT2D eigenvalue weighted by atomic mass is 32.1. The van der Waals surface area contributed by atoms with Gasteiger partial charge in [-0.25, -0.2) is 4.98 Å². The van der Waals surface area contributed by atoms with E-state index in [1.807, 2.05) is 13.8 Å². The maximum absolute atomic E-state index is 5.60. The van der Waals surface area contributed by atoms with Gasteiger partial charge in [-0.05, 0) is 20.3 Å². The van der Waals surface area contributed by atoms with Crippen LogP contribution in [-0.2, 0) is 15.9 Å². The summed E-state index contributed by atoms with van der Waals surface area (Å²) in [5.41, 5.74) is 1.12. The molecule has 5 heteroatoms. The monoisotopic (exact) mass is 270 g/mol. The van der Waals surface area contributed by atoms with Crippen LogP contribution < -0.4 is 5.32 Å². The Morgan fingerprint density at radius 1 is 1.56 bits per heavy atom. The largest absolute Gasteiger partial charge is 0.377 e. The molecule has 0 saturated heterocycles. The number of methoxy groups -OCH3 is 1. The van der Waals surface area contributed by atoms with Crippen LogP contribution in [0.25, 0.3) is 0 Å². The summed E-state index contributed by atoms with van der Waals surface area (Å²) >= 11 is 1.73. The van der Waals surface area contributed by atoms with E-state index in [1.165, 1.54) is 5.01 Å². The maximum atomic E-state index is 5.60. The highest BCUT2D eigenvalue weighted by Gasteiger charge is 2.41. The van der Waals surface area contributed by atoms with Gasteiger partial charge in [-0.15, -0.1) is 11.3 Å². The lowest BCUT2D eigenvalue weighted by atomic mass is 9.85. The fourth-order valence-electron chi connectivity index (χ4n) is 2.36. The van der Waals surface area contributed by atoms with Gasteiger partial charge in [0.2, 0.25) is 0 Å². The van der Waals surface area contributed by atoms with Gasteiger partial charge in [0.1, 0.15) is 0 Å². The van der Waals surface area contributed by atoms with Crippen molar-refractivity contribution in [3.05, 3.63) is 16.1 Å². The quantitative estimate of drug-likeness (QED) is 0.820. The van der Waals surface area contributed by atoms with Gasteiger partial charge in [0.15, 0.2) is 0 Å². The number of nitrogens with zero attached hydrogens (tertiary/aromatic N) is 1. The number of hydrogen-bond donors (Lipinski definition) is 1. The Balaban J connectivity index is 1.68. The number of aromatic nitrogens is 1. The van der Waals surface area contributed by atoms with E-state index in [-0.39, 0.29) is 12.2 Å². The molecule has 1 aliphatic carbocycles. The molecule has 0 spiro atoms. The molecule has 1 aromatic heterocycles. The number of thiazole rings is 1. The molecule has 1 N–H and O–H groups in total. The second-order valence-electron chi connectivity index (χ2n) is 4.62. The maximum Gasteiger partial charge on any atom is 0.0986 e. The van der Waals surface area contributed by atoms with Crippen LogP contribution in [0.5, 0.6) is 0 Å². The van der Waals surface area contributed by atoms with Crippen LogP contribution in [-0.4, -0.2) is 43.5 Å². The van der Waals surface area contributed by atoms with Crippen LogP contribution in [0.2, 0.25) is 0 Å². The molecule has 4 nitrogen and oxygen atoms in total. The Morgan fingerprint density at radius 2 is 2.39 bits per heavy atom. The average molecular weight is 270 g/mol. The normalized spacial score (nSPS) is 27.2. The highest BCUT2D eigenvalue weighted by Crippen LogP contribution is 2.26. The fraction of sp³-hybridized carbons (Fsp3) is 0.769. The van der Waals surface area contributed by atoms with E-state index < -0.39 is 0 Å². The molecule has 0 amide bonds. The molecule has 1 saturated carbocycles. The molecule has 3 unspecified atom stereocenters. The van der Waals surface area contributed by atoms with Gasteiger partial charge in [0.05, 0.1) is 17.2 Å². The molecule has 0 bridgehead atoms. The van der Waals surface area contributed by atoms with Crippen LogP contribution in [0.15, 0.2) is 5.38 Å². The fourth-order valence-corrected chi connectivity index (χ4v) is 3.13. The van der Waals surface area contributed by atoms with Crippen molar-refractivity contribution in [3.8, 4) is 0 Å². The molecule has 0 radical (unpaired) electrons. The summed E-state index contributed by atoms with van der Waals surface area (Å²) in [6.45, 7) is 5.78. The van der Waals surface area contributed by atoms with Crippen molar-refractivity contribution in [1.29, 1.82) is 0 Å². The van der Waals surface area contributed by atoms with Gasteiger partial charge in [0.25, 0.3) is 0 Å². The smallest absolute Gasteiger partial charge is 0.0986 e. The van der Waals surface area contributed by atoms with E-state index in [9.17, 15) is 0 Å². The number of rotatable bonds is 7. The van der Waals surface area contributed by atoms with Crippen molar-refractivity contribution in [1.82, 2.24) is 10.3 Å². The lowest BCUT2D eigenvalue weighted by molar-refractivity contribution is -0.131. The zero-order valence-corrected chi connectivity index (χ0v) is 12.1. The number of ether oxygens (including phenoxy) is 2. The van der Waals surface area contributed by atoms with Gasteiger partial charge in [-0.2, -0.15) is 0 Å². The summed E-state index contributed by atoms with van der Waals surface area (Å²) < 4.78 is 11.1. The van der Waals surface area contributed by atoms with E-state index in [2.05, 4.69) is 15.7 Å². The van der Waals surface area contributed by atoms with Crippen LogP contribution >= 0.6 is 11.3 Å². The third kappa shape index (κ3) is 3.29. The molecule has 102 valence electrons. The van der Waals surface area contributed by atoms with Gasteiger partial charge in [-0.1, -0.05) is 0 Å². The van der Waals surface area contributed by atoms with Crippen molar-refractivity contribution in [3.63, 3.8) is 0 Å². The van der Waals surface area contributed by atoms with Crippen molar-refractivity contribution in [2.75, 3.05) is 20.3 Å². The Bertz CT molecular complexity index is 370. The first-order valence-electron chi connectivity index (χ1n) is 6.53. The summed E-state index contributed by atoms with van der Waals surface area (Å²) in [7, 11) is 1.76. The molecule has 2 rings (SSSR count). The predicted octanol–water partition coefficient (Wildman–Crippen LogP) is 1.78. The Hall–Kier alpha value is -0.490. The number of hydrogen-bond acceptors (Lipinski definition) is 5. The molecule has 18 heavy (non-hydrogen) atoms. The third-order valence-corrected chi connectivity index (χ3v) is 4.34. The van der Waals surface area contributed by atoms with Crippen LogP contribution in [0.1, 0.15) is 24.0 Å². The Labute approximate surface area is 113 Å². The van der Waals surface area contributed by atoms with Crippen LogP contribution in [0.4, 0.5) is 0 Å². The Morgan fingerprint density at radius 3 is 3.00 bits per heavy atom. The van der Waals surface area contributed by atoms with E-state index in [0.29, 0.717) is 6.04 Å². The second kappa shape index (κ2) is 6.61. The zero-order chi connectivity index (χ0) is 13.0. The van der Waals surface area contributed by atoms with E-state index in [1.54, 1.807) is 18.4 Å². The summed E-state index contributed by atoms with van der Waals surface area (Å²) in [6, 6.07) is 0.424. The molecule has 0 aliphatic heterocycles. The first-order chi connectivity index (χ1) is 8.74. The van der Waals surface area contributed by atoms with Crippen molar-refractivity contribution in [2.45, 2.75) is 44.9 Å². The van der Waals surface area contributed by atoms with Crippen molar-refractivity contribution < 1.29 is 9.47 Å². The number of aryl methyl sites for hydroxylation is 1.